The average molecular weight is 421 g/mol. The third-order valence-electron chi connectivity index (χ3n) is 4.67. The van der Waals surface area contributed by atoms with Gasteiger partial charge in [-0.1, -0.05) is 0 Å². The number of aromatic amines is 2. The Morgan fingerprint density at radius 1 is 1.20 bits per heavy atom. The molecule has 1 aliphatic heterocycles. The summed E-state index contributed by atoms with van der Waals surface area (Å²) in [6, 6.07) is 1.60. The second-order valence-electron chi connectivity index (χ2n) is 6.44. The van der Waals surface area contributed by atoms with E-state index in [9.17, 15) is 14.4 Å². The minimum Gasteiger partial charge on any atom is -0.493 e. The Labute approximate surface area is 171 Å². The normalized spacial score (nSPS) is 13.0. The molecule has 162 valence electrons. The van der Waals surface area contributed by atoms with E-state index in [1.165, 1.54) is 14.2 Å². The molecule has 0 saturated heterocycles. The van der Waals surface area contributed by atoms with Crippen LogP contribution in [0.15, 0.2) is 10.9 Å². The molecule has 11 nitrogen and oxygen atoms in total. The number of aromatic nitrogens is 2. The summed E-state index contributed by atoms with van der Waals surface area (Å²) in [5, 5.41) is 5.14. The number of H-pyrrole nitrogens is 2. The number of nitrogens with two attached hydrogens (primary N) is 1. The van der Waals surface area contributed by atoms with Gasteiger partial charge in [0.15, 0.2) is 11.5 Å². The van der Waals surface area contributed by atoms with Crippen molar-refractivity contribution in [2.75, 3.05) is 27.6 Å². The molecular weight excluding hydrogens is 398 g/mol. The van der Waals surface area contributed by atoms with Crippen LogP contribution in [0.3, 0.4) is 0 Å². The van der Waals surface area contributed by atoms with Crippen molar-refractivity contribution >= 4 is 11.9 Å². The van der Waals surface area contributed by atoms with Crippen molar-refractivity contribution < 1.29 is 33.3 Å². The summed E-state index contributed by atoms with van der Waals surface area (Å²) in [7, 11) is 2.88. The van der Waals surface area contributed by atoms with Crippen molar-refractivity contribution in [2.24, 2.45) is 5.73 Å². The molecule has 2 aromatic rings. The van der Waals surface area contributed by atoms with Gasteiger partial charge in [-0.3, -0.25) is 19.5 Å². The smallest absolute Gasteiger partial charge is 0.311 e. The molecule has 0 fully saturated rings. The number of esters is 1. The first-order valence-corrected chi connectivity index (χ1v) is 9.18. The van der Waals surface area contributed by atoms with E-state index in [1.54, 1.807) is 13.0 Å². The van der Waals surface area contributed by atoms with Crippen LogP contribution in [0, 0.1) is 0 Å². The summed E-state index contributed by atoms with van der Waals surface area (Å²) in [6.45, 7) is 1.84. The van der Waals surface area contributed by atoms with E-state index in [1.807, 2.05) is 0 Å². The van der Waals surface area contributed by atoms with E-state index in [0.717, 1.165) is 0 Å². The van der Waals surface area contributed by atoms with Crippen molar-refractivity contribution in [2.45, 2.75) is 25.7 Å². The maximum atomic E-state index is 12.6. The highest BCUT2D eigenvalue weighted by molar-refractivity contribution is 5.77. The highest BCUT2D eigenvalue weighted by Gasteiger charge is 2.34. The zero-order valence-electron chi connectivity index (χ0n) is 16.8. The summed E-state index contributed by atoms with van der Waals surface area (Å²) in [6.07, 6.45) is -0.420. The maximum Gasteiger partial charge on any atom is 0.311 e. The summed E-state index contributed by atoms with van der Waals surface area (Å²) in [5.74, 6) is -0.765. The first-order valence-electron chi connectivity index (χ1n) is 9.18. The Morgan fingerprint density at radius 3 is 2.57 bits per heavy atom. The monoisotopic (exact) mass is 421 g/mol. The van der Waals surface area contributed by atoms with E-state index in [2.05, 4.69) is 10.2 Å². The number of amides is 1. The Morgan fingerprint density at radius 2 is 1.93 bits per heavy atom. The molecule has 30 heavy (non-hydrogen) atoms. The molecule has 3 rings (SSSR count). The molecule has 0 spiro atoms. The summed E-state index contributed by atoms with van der Waals surface area (Å²) >= 11 is 0. The van der Waals surface area contributed by atoms with Crippen LogP contribution in [0.2, 0.25) is 0 Å². The number of benzene rings is 1. The fourth-order valence-corrected chi connectivity index (χ4v) is 3.49. The number of primary amides is 1. The fourth-order valence-electron chi connectivity index (χ4n) is 3.49. The molecule has 0 saturated carbocycles. The van der Waals surface area contributed by atoms with Crippen molar-refractivity contribution in [3.63, 3.8) is 0 Å². The lowest BCUT2D eigenvalue weighted by Gasteiger charge is -2.21. The van der Waals surface area contributed by atoms with Gasteiger partial charge in [0.25, 0.3) is 5.56 Å². The lowest BCUT2D eigenvalue weighted by molar-refractivity contribution is -0.142. The number of hydrogen-bond donors (Lipinski definition) is 3. The van der Waals surface area contributed by atoms with Crippen LogP contribution in [0.5, 0.6) is 23.0 Å². The number of carbonyl (C=O) groups excluding carboxylic acids is 2. The molecule has 1 aliphatic rings. The first-order chi connectivity index (χ1) is 14.4. The van der Waals surface area contributed by atoms with Gasteiger partial charge in [-0.25, -0.2) is 0 Å². The molecule has 1 aromatic carbocycles. The van der Waals surface area contributed by atoms with Gasteiger partial charge in [0.05, 0.1) is 32.9 Å². The summed E-state index contributed by atoms with van der Waals surface area (Å²) in [4.78, 5) is 36.5. The summed E-state index contributed by atoms with van der Waals surface area (Å²) in [5.41, 5.74) is 5.85. The molecular formula is C19H23N3O8. The first kappa shape index (κ1) is 21.1. The fraction of sp³-hybridized carbons (Fsp3) is 0.421. The van der Waals surface area contributed by atoms with Crippen LogP contribution in [0.1, 0.15) is 36.1 Å². The van der Waals surface area contributed by atoms with Gasteiger partial charge >= 0.3 is 5.97 Å². The molecule has 0 aliphatic carbocycles. The van der Waals surface area contributed by atoms with Crippen molar-refractivity contribution in [1.29, 1.82) is 0 Å². The van der Waals surface area contributed by atoms with Crippen LogP contribution in [0.25, 0.3) is 0 Å². The molecule has 1 amide bonds. The molecule has 1 aromatic heterocycles. The van der Waals surface area contributed by atoms with Gasteiger partial charge in [0.1, 0.15) is 0 Å². The average Bonchev–Trinajstić information content (AvgIpc) is 3.32. The highest BCUT2D eigenvalue weighted by Crippen LogP contribution is 2.52. The molecule has 0 bridgehead atoms. The number of fused-ring (bicyclic) bond motifs is 1. The van der Waals surface area contributed by atoms with E-state index < -0.39 is 23.4 Å². The third-order valence-corrected chi connectivity index (χ3v) is 4.67. The largest absolute Gasteiger partial charge is 0.493 e. The van der Waals surface area contributed by atoms with Crippen LogP contribution < -0.4 is 30.2 Å². The van der Waals surface area contributed by atoms with E-state index in [4.69, 9.17) is 29.4 Å². The van der Waals surface area contributed by atoms with E-state index in [-0.39, 0.29) is 43.2 Å². The molecule has 0 radical (unpaired) electrons. The van der Waals surface area contributed by atoms with E-state index >= 15 is 0 Å². The Bertz CT molecular complexity index is 1010. The van der Waals surface area contributed by atoms with Crippen molar-refractivity contribution in [1.82, 2.24) is 10.2 Å². The van der Waals surface area contributed by atoms with Gasteiger partial charge in [-0.15, -0.1) is 0 Å². The number of nitrogens with one attached hydrogen (secondary N) is 2. The number of methoxy groups -OCH3 is 2. The van der Waals surface area contributed by atoms with Crippen molar-refractivity contribution in [3.8, 4) is 23.0 Å². The number of hydrogen-bond acceptors (Lipinski definition) is 8. The standard InChI is InChI=1S/C19H23N3O8/c1-4-28-14(24)7-11-15(19(25)22-21-11)9(6-13(20)23)10-5-12(26-2)17-18(16(10)27-3)30-8-29-17/h5,9H,4,6-8H2,1-3H3,(H2,20,23)(H2,21,22,25)/t9-/m1/s1. The lowest BCUT2D eigenvalue weighted by Crippen LogP contribution is -2.22. The number of carbonyl (C=O) groups is 2. The van der Waals surface area contributed by atoms with Crippen LogP contribution in [0.4, 0.5) is 0 Å². The lowest BCUT2D eigenvalue weighted by atomic mass is 9.86. The van der Waals surface area contributed by atoms with Gasteiger partial charge < -0.3 is 34.5 Å². The zero-order valence-corrected chi connectivity index (χ0v) is 16.8. The quantitative estimate of drug-likeness (QED) is 0.496. The van der Waals surface area contributed by atoms with Gasteiger partial charge in [0, 0.05) is 23.5 Å². The Kier molecular flexibility index (Phi) is 6.19. The minimum atomic E-state index is -0.847. The third kappa shape index (κ3) is 3.91. The predicted octanol–water partition coefficient (Wildman–Crippen LogP) is 0.562. The topological polar surface area (TPSA) is 155 Å². The highest BCUT2D eigenvalue weighted by atomic mass is 16.7. The van der Waals surface area contributed by atoms with Crippen LogP contribution >= 0.6 is 0 Å². The van der Waals surface area contributed by atoms with Gasteiger partial charge in [-0.2, -0.15) is 0 Å². The molecule has 2 heterocycles. The number of ether oxygens (including phenoxy) is 5. The van der Waals surface area contributed by atoms with E-state index in [0.29, 0.717) is 22.8 Å². The second kappa shape index (κ2) is 8.80. The van der Waals surface area contributed by atoms with Crippen LogP contribution in [-0.4, -0.2) is 49.7 Å². The maximum absolute atomic E-state index is 12.6. The number of rotatable bonds is 9. The SMILES string of the molecule is CCOC(=O)Cc1[nH][nH]c(=O)c1[C@H](CC(N)=O)c1cc(OC)c2c(c1OC)OCO2. The second-order valence-corrected chi connectivity index (χ2v) is 6.44. The predicted molar refractivity (Wildman–Crippen MR) is 103 cm³/mol. The minimum absolute atomic E-state index is 0.0369. The molecule has 0 unspecified atom stereocenters. The Hall–Kier alpha value is -3.63. The van der Waals surface area contributed by atoms with Gasteiger partial charge in [0.2, 0.25) is 24.2 Å². The van der Waals surface area contributed by atoms with Gasteiger partial charge in [-0.05, 0) is 13.0 Å². The van der Waals surface area contributed by atoms with Crippen LogP contribution in [-0.2, 0) is 20.7 Å². The zero-order chi connectivity index (χ0) is 21.8. The molecule has 4 N–H and O–H groups in total. The molecule has 1 atom stereocenters. The Balaban J connectivity index is 2.18. The van der Waals surface area contributed by atoms with Crippen molar-refractivity contribution in [3.05, 3.63) is 33.2 Å². The molecule has 11 heteroatoms. The summed E-state index contributed by atoms with van der Waals surface area (Å²) < 4.78 is 26.8.